The molecule has 152 valence electrons. The van der Waals surface area contributed by atoms with Crippen LogP contribution in [0.5, 0.6) is 0 Å². The maximum Gasteiger partial charge on any atom is 0.246 e. The normalized spacial score (nSPS) is 30.4. The maximum absolute atomic E-state index is 13.3. The van der Waals surface area contributed by atoms with Crippen molar-refractivity contribution < 1.29 is 14.4 Å². The summed E-state index contributed by atoms with van der Waals surface area (Å²) in [5.74, 6) is -0.258. The highest BCUT2D eigenvalue weighted by atomic mass is 16.2. The predicted octanol–water partition coefficient (Wildman–Crippen LogP) is 1.07. The van der Waals surface area contributed by atoms with Gasteiger partial charge < -0.3 is 20.9 Å². The van der Waals surface area contributed by atoms with Crippen LogP contribution in [0.25, 0.3) is 0 Å². The summed E-state index contributed by atoms with van der Waals surface area (Å²) < 4.78 is 0. The minimum absolute atomic E-state index is 0.00741. The molecule has 3 rings (SSSR count). The van der Waals surface area contributed by atoms with Crippen LogP contribution in [0.15, 0.2) is 0 Å². The van der Waals surface area contributed by atoms with Gasteiger partial charge in [0.2, 0.25) is 17.7 Å². The molecule has 0 radical (unpaired) electrons. The number of likely N-dealkylation sites (N-methyl/N-ethyl adjacent to an activating group) is 1. The van der Waals surface area contributed by atoms with E-state index in [1.165, 1.54) is 12.8 Å². The lowest BCUT2D eigenvalue weighted by atomic mass is 9.98. The van der Waals surface area contributed by atoms with Crippen molar-refractivity contribution in [3.8, 4) is 0 Å². The van der Waals surface area contributed by atoms with Crippen molar-refractivity contribution in [2.24, 2.45) is 0 Å². The van der Waals surface area contributed by atoms with E-state index in [1.807, 2.05) is 0 Å². The average molecular weight is 379 g/mol. The number of hydrogen-bond donors (Lipinski definition) is 3. The van der Waals surface area contributed by atoms with Crippen LogP contribution in [0.3, 0.4) is 0 Å². The van der Waals surface area contributed by atoms with Crippen molar-refractivity contribution in [2.75, 3.05) is 7.05 Å². The largest absolute Gasteiger partial charge is 0.352 e. The highest BCUT2D eigenvalue weighted by molar-refractivity contribution is 5.93. The standard InChI is InChI=1S/C20H34N4O3/c1-13(21-2)18(25)23-16-10-6-5-9-15-11-12-17(24(15)20(16)27)19(26)22-14-7-3-4-8-14/h13-17,21H,3-12H2,1-2H3,(H,22,26)(H,23,25)/t13-,15?,16?,17?/m0/s1. The first-order valence-electron chi connectivity index (χ1n) is 10.6. The summed E-state index contributed by atoms with van der Waals surface area (Å²) in [6, 6.07) is -0.885. The summed E-state index contributed by atoms with van der Waals surface area (Å²) in [6.07, 6.45) is 9.55. The first kappa shape index (κ1) is 20.1. The second-order valence-corrected chi connectivity index (χ2v) is 8.34. The third kappa shape index (κ3) is 4.62. The summed E-state index contributed by atoms with van der Waals surface area (Å²) in [5, 5.41) is 8.98. The van der Waals surface area contributed by atoms with Gasteiger partial charge in [-0.05, 0) is 52.5 Å². The van der Waals surface area contributed by atoms with Crippen molar-refractivity contribution in [2.45, 2.75) is 101 Å². The van der Waals surface area contributed by atoms with Crippen LogP contribution in [0.1, 0.15) is 71.1 Å². The van der Waals surface area contributed by atoms with Gasteiger partial charge in [0.25, 0.3) is 0 Å². The van der Waals surface area contributed by atoms with Crippen molar-refractivity contribution in [1.29, 1.82) is 0 Å². The zero-order valence-electron chi connectivity index (χ0n) is 16.6. The van der Waals surface area contributed by atoms with E-state index in [0.29, 0.717) is 6.42 Å². The van der Waals surface area contributed by atoms with Gasteiger partial charge in [-0.25, -0.2) is 0 Å². The lowest BCUT2D eigenvalue weighted by Gasteiger charge is -2.35. The zero-order chi connectivity index (χ0) is 19.4. The summed E-state index contributed by atoms with van der Waals surface area (Å²) in [4.78, 5) is 40.3. The highest BCUT2D eigenvalue weighted by Gasteiger charge is 2.44. The van der Waals surface area contributed by atoms with Gasteiger partial charge in [0.1, 0.15) is 12.1 Å². The number of carbonyl (C=O) groups is 3. The fraction of sp³-hybridized carbons (Fsp3) is 0.850. The van der Waals surface area contributed by atoms with Crippen LogP contribution in [-0.4, -0.2) is 59.9 Å². The van der Waals surface area contributed by atoms with Crippen LogP contribution < -0.4 is 16.0 Å². The zero-order valence-corrected chi connectivity index (χ0v) is 16.6. The Balaban J connectivity index is 1.70. The number of nitrogens with one attached hydrogen (secondary N) is 3. The number of carbonyl (C=O) groups excluding carboxylic acids is 3. The first-order chi connectivity index (χ1) is 13.0. The maximum atomic E-state index is 13.3. The number of hydrogen-bond acceptors (Lipinski definition) is 4. The number of nitrogens with zero attached hydrogens (tertiary/aromatic N) is 1. The number of fused-ring (bicyclic) bond motifs is 1. The molecule has 0 aromatic carbocycles. The van der Waals surface area contributed by atoms with E-state index in [0.717, 1.165) is 44.9 Å². The summed E-state index contributed by atoms with van der Waals surface area (Å²) in [6.45, 7) is 1.78. The molecule has 0 aromatic rings. The fourth-order valence-corrected chi connectivity index (χ4v) is 4.72. The topological polar surface area (TPSA) is 90.5 Å². The van der Waals surface area contributed by atoms with Gasteiger partial charge in [0.05, 0.1) is 6.04 Å². The van der Waals surface area contributed by atoms with Crippen molar-refractivity contribution >= 4 is 17.7 Å². The van der Waals surface area contributed by atoms with Crippen molar-refractivity contribution in [3.05, 3.63) is 0 Å². The van der Waals surface area contributed by atoms with Gasteiger partial charge in [-0.3, -0.25) is 14.4 Å². The Morgan fingerprint density at radius 2 is 1.63 bits per heavy atom. The lowest BCUT2D eigenvalue weighted by molar-refractivity contribution is -0.144. The molecule has 7 nitrogen and oxygen atoms in total. The summed E-state index contributed by atoms with van der Waals surface area (Å²) >= 11 is 0. The molecule has 3 unspecified atom stereocenters. The lowest BCUT2D eigenvalue weighted by Crippen LogP contribution is -2.58. The Morgan fingerprint density at radius 1 is 0.963 bits per heavy atom. The van der Waals surface area contributed by atoms with Gasteiger partial charge in [0.15, 0.2) is 0 Å². The molecule has 0 spiro atoms. The van der Waals surface area contributed by atoms with E-state index in [9.17, 15) is 14.4 Å². The van der Waals surface area contributed by atoms with Gasteiger partial charge >= 0.3 is 0 Å². The summed E-state index contributed by atoms with van der Waals surface area (Å²) in [7, 11) is 1.73. The molecule has 3 aliphatic rings. The Morgan fingerprint density at radius 3 is 2.33 bits per heavy atom. The molecule has 27 heavy (non-hydrogen) atoms. The van der Waals surface area contributed by atoms with Crippen LogP contribution in [-0.2, 0) is 14.4 Å². The van der Waals surface area contributed by atoms with E-state index in [4.69, 9.17) is 0 Å². The van der Waals surface area contributed by atoms with Crippen LogP contribution in [0, 0.1) is 0 Å². The van der Waals surface area contributed by atoms with Crippen molar-refractivity contribution in [1.82, 2.24) is 20.9 Å². The quantitative estimate of drug-likeness (QED) is 0.667. The van der Waals surface area contributed by atoms with Gasteiger partial charge in [-0.1, -0.05) is 25.7 Å². The molecule has 3 N–H and O–H groups in total. The molecule has 1 saturated carbocycles. The van der Waals surface area contributed by atoms with Crippen LogP contribution >= 0.6 is 0 Å². The molecule has 2 heterocycles. The van der Waals surface area contributed by atoms with Crippen LogP contribution in [0.4, 0.5) is 0 Å². The molecule has 0 bridgehead atoms. The fourth-order valence-electron chi connectivity index (χ4n) is 4.72. The van der Waals surface area contributed by atoms with E-state index >= 15 is 0 Å². The van der Waals surface area contributed by atoms with Crippen molar-refractivity contribution in [3.63, 3.8) is 0 Å². The third-order valence-electron chi connectivity index (χ3n) is 6.48. The molecule has 2 aliphatic heterocycles. The van der Waals surface area contributed by atoms with Crippen LogP contribution in [0.2, 0.25) is 0 Å². The molecule has 4 atom stereocenters. The molecule has 0 aromatic heterocycles. The third-order valence-corrected chi connectivity index (χ3v) is 6.48. The Bertz CT molecular complexity index is 561. The minimum atomic E-state index is -0.531. The Labute approximate surface area is 162 Å². The second kappa shape index (κ2) is 9.04. The molecular formula is C20H34N4O3. The monoisotopic (exact) mass is 378 g/mol. The smallest absolute Gasteiger partial charge is 0.246 e. The average Bonchev–Trinajstić information content (AvgIpc) is 3.31. The van der Waals surface area contributed by atoms with E-state index in [-0.39, 0.29) is 41.9 Å². The summed E-state index contributed by atoms with van der Waals surface area (Å²) in [5.41, 5.74) is 0. The minimum Gasteiger partial charge on any atom is -0.352 e. The number of amides is 3. The van der Waals surface area contributed by atoms with Gasteiger partial charge in [-0.2, -0.15) is 0 Å². The van der Waals surface area contributed by atoms with Gasteiger partial charge in [0, 0.05) is 12.1 Å². The molecule has 3 fully saturated rings. The highest BCUT2D eigenvalue weighted by Crippen LogP contribution is 2.32. The van der Waals surface area contributed by atoms with Gasteiger partial charge in [-0.15, -0.1) is 0 Å². The molecular weight excluding hydrogens is 344 g/mol. The molecule has 2 saturated heterocycles. The molecule has 7 heteroatoms. The Hall–Kier alpha value is -1.63. The van der Waals surface area contributed by atoms with E-state index in [2.05, 4.69) is 16.0 Å². The first-order valence-corrected chi connectivity index (χ1v) is 10.6. The second-order valence-electron chi connectivity index (χ2n) is 8.34. The SMILES string of the molecule is CN[C@@H](C)C(=O)NC1CCCCC2CCC(C(=O)NC3CCCC3)N2C1=O. The van der Waals surface area contributed by atoms with E-state index < -0.39 is 6.04 Å². The van der Waals surface area contributed by atoms with E-state index in [1.54, 1.807) is 18.9 Å². The molecule has 1 aliphatic carbocycles. The molecule has 3 amide bonds. The predicted molar refractivity (Wildman–Crippen MR) is 103 cm³/mol. The Kier molecular flexibility index (Phi) is 6.73. The number of rotatable bonds is 5.